The molecule has 1 amide bonds. The van der Waals surface area contributed by atoms with Crippen molar-refractivity contribution in [3.63, 3.8) is 0 Å². The highest BCUT2D eigenvalue weighted by Crippen LogP contribution is 2.11. The molecule has 0 heterocycles. The van der Waals surface area contributed by atoms with E-state index >= 15 is 0 Å². The largest absolute Gasteiger partial charge is 0.508 e. The lowest BCUT2D eigenvalue weighted by molar-refractivity contribution is -0.137. The minimum atomic E-state index is -0.968. The monoisotopic (exact) mass is 266 g/mol. The van der Waals surface area contributed by atoms with Gasteiger partial charge in [-0.1, -0.05) is 12.1 Å². The van der Waals surface area contributed by atoms with E-state index in [1.54, 1.807) is 19.2 Å². The van der Waals surface area contributed by atoms with Crippen LogP contribution < -0.4 is 5.73 Å². The van der Waals surface area contributed by atoms with Crippen LogP contribution in [-0.4, -0.2) is 40.1 Å². The molecule has 4 N–H and O–H groups in total. The number of amides is 1. The number of carboxylic acids is 1. The molecule has 0 saturated heterocycles. The van der Waals surface area contributed by atoms with Crippen molar-refractivity contribution in [3.05, 3.63) is 29.8 Å². The summed E-state index contributed by atoms with van der Waals surface area (Å²) in [6.07, 6.45) is -0.00591. The van der Waals surface area contributed by atoms with Gasteiger partial charge in [-0.15, -0.1) is 0 Å². The Morgan fingerprint density at radius 3 is 2.42 bits per heavy atom. The number of aromatic hydroxyl groups is 1. The van der Waals surface area contributed by atoms with E-state index in [2.05, 4.69) is 0 Å². The van der Waals surface area contributed by atoms with Gasteiger partial charge in [-0.3, -0.25) is 9.59 Å². The number of nitrogens with two attached hydrogens (primary N) is 1. The smallest absolute Gasteiger partial charge is 0.303 e. The molecule has 0 fully saturated rings. The van der Waals surface area contributed by atoms with E-state index in [0.717, 1.165) is 5.56 Å². The number of phenols is 1. The molecule has 104 valence electrons. The number of carbonyl (C=O) groups is 2. The molecule has 6 heteroatoms. The van der Waals surface area contributed by atoms with Crippen molar-refractivity contribution in [3.8, 4) is 5.75 Å². The van der Waals surface area contributed by atoms with Gasteiger partial charge in [0.15, 0.2) is 0 Å². The average molecular weight is 266 g/mol. The van der Waals surface area contributed by atoms with Crippen molar-refractivity contribution >= 4 is 11.9 Å². The number of aliphatic carboxylic acids is 1. The molecule has 1 aromatic carbocycles. The van der Waals surface area contributed by atoms with Gasteiger partial charge in [0.05, 0.1) is 6.04 Å². The molecule has 0 aliphatic carbocycles. The first-order valence-corrected chi connectivity index (χ1v) is 5.90. The zero-order valence-electron chi connectivity index (χ0n) is 10.7. The Morgan fingerprint density at radius 2 is 1.89 bits per heavy atom. The number of benzene rings is 1. The van der Waals surface area contributed by atoms with Crippen molar-refractivity contribution in [1.29, 1.82) is 0 Å². The summed E-state index contributed by atoms with van der Waals surface area (Å²) in [5, 5.41) is 17.7. The molecule has 0 aliphatic heterocycles. The maximum absolute atomic E-state index is 11.9. The highest BCUT2D eigenvalue weighted by Gasteiger charge is 2.18. The summed E-state index contributed by atoms with van der Waals surface area (Å²) in [6, 6.07) is 5.69. The standard InChI is InChI=1S/C13H18N2O4/c1-15(8-9-2-4-10(16)5-3-9)13(19)11(14)6-7-12(17)18/h2-5,11,16H,6-8,14H2,1H3,(H,17,18). The van der Waals surface area contributed by atoms with Gasteiger partial charge in [0.25, 0.3) is 0 Å². The van der Waals surface area contributed by atoms with E-state index in [1.807, 2.05) is 0 Å². The van der Waals surface area contributed by atoms with Crippen LogP contribution in [-0.2, 0) is 16.1 Å². The molecule has 19 heavy (non-hydrogen) atoms. The average Bonchev–Trinajstić information content (AvgIpc) is 2.37. The van der Waals surface area contributed by atoms with Gasteiger partial charge in [0, 0.05) is 20.0 Å². The third kappa shape index (κ3) is 4.97. The van der Waals surface area contributed by atoms with Gasteiger partial charge in [-0.05, 0) is 24.1 Å². The highest BCUT2D eigenvalue weighted by molar-refractivity contribution is 5.82. The summed E-state index contributed by atoms with van der Waals surface area (Å²) in [7, 11) is 1.61. The van der Waals surface area contributed by atoms with Crippen LogP contribution in [0, 0.1) is 0 Å². The highest BCUT2D eigenvalue weighted by atomic mass is 16.4. The Labute approximate surface area is 111 Å². The number of carbonyl (C=O) groups excluding carboxylic acids is 1. The summed E-state index contributed by atoms with van der Waals surface area (Å²) < 4.78 is 0. The Hall–Kier alpha value is -2.08. The number of nitrogens with zero attached hydrogens (tertiary/aromatic N) is 1. The van der Waals surface area contributed by atoms with Crippen molar-refractivity contribution < 1.29 is 19.8 Å². The van der Waals surface area contributed by atoms with Gasteiger partial charge in [-0.25, -0.2) is 0 Å². The fourth-order valence-electron chi connectivity index (χ4n) is 1.64. The van der Waals surface area contributed by atoms with Crippen LogP contribution in [0.25, 0.3) is 0 Å². The Balaban J connectivity index is 2.52. The fourth-order valence-corrected chi connectivity index (χ4v) is 1.64. The number of phenolic OH excluding ortho intramolecular Hbond substituents is 1. The summed E-state index contributed by atoms with van der Waals surface area (Å²) in [5.74, 6) is -1.10. The molecule has 0 aromatic heterocycles. The first-order valence-electron chi connectivity index (χ1n) is 5.90. The van der Waals surface area contributed by atoms with Crippen LogP contribution in [0.3, 0.4) is 0 Å². The lowest BCUT2D eigenvalue weighted by Crippen LogP contribution is -2.41. The lowest BCUT2D eigenvalue weighted by Gasteiger charge is -2.21. The van der Waals surface area contributed by atoms with Gasteiger partial charge >= 0.3 is 5.97 Å². The van der Waals surface area contributed by atoms with Crippen LogP contribution >= 0.6 is 0 Å². The number of likely N-dealkylation sites (N-methyl/N-ethyl adjacent to an activating group) is 1. The molecule has 1 unspecified atom stereocenters. The van der Waals surface area contributed by atoms with E-state index < -0.39 is 12.0 Å². The first-order chi connectivity index (χ1) is 8.90. The van der Waals surface area contributed by atoms with Crippen LogP contribution in [0.4, 0.5) is 0 Å². The SMILES string of the molecule is CN(Cc1ccc(O)cc1)C(=O)C(N)CCC(=O)O. The topological polar surface area (TPSA) is 104 Å². The van der Waals surface area contributed by atoms with Crippen LogP contribution in [0.2, 0.25) is 0 Å². The molecule has 1 rings (SSSR count). The molecule has 1 aromatic rings. The Kier molecular flexibility index (Phi) is 5.32. The zero-order chi connectivity index (χ0) is 14.4. The third-order valence-corrected chi connectivity index (χ3v) is 2.72. The van der Waals surface area contributed by atoms with Crippen LogP contribution in [0.15, 0.2) is 24.3 Å². The minimum absolute atomic E-state index is 0.119. The molecule has 0 saturated carbocycles. The van der Waals surface area contributed by atoms with E-state index in [-0.39, 0.29) is 24.5 Å². The summed E-state index contributed by atoms with van der Waals surface area (Å²) in [5.41, 5.74) is 6.51. The van der Waals surface area contributed by atoms with E-state index in [0.29, 0.717) is 6.54 Å². The fraction of sp³-hybridized carbons (Fsp3) is 0.385. The molecule has 0 radical (unpaired) electrons. The predicted molar refractivity (Wildman–Crippen MR) is 69.4 cm³/mol. The molecule has 0 aliphatic rings. The normalized spacial score (nSPS) is 11.9. The summed E-state index contributed by atoms with van der Waals surface area (Å²) in [6.45, 7) is 0.361. The molecular formula is C13H18N2O4. The quantitative estimate of drug-likeness (QED) is 0.697. The summed E-state index contributed by atoms with van der Waals surface area (Å²) in [4.78, 5) is 23.7. The van der Waals surface area contributed by atoms with Crippen LogP contribution in [0.1, 0.15) is 18.4 Å². The van der Waals surface area contributed by atoms with Crippen molar-refractivity contribution in [1.82, 2.24) is 4.90 Å². The van der Waals surface area contributed by atoms with Gasteiger partial charge in [-0.2, -0.15) is 0 Å². The second kappa shape index (κ2) is 6.75. The number of carboxylic acid groups (broad SMARTS) is 1. The molecule has 0 bridgehead atoms. The molecule has 1 atom stereocenters. The van der Waals surface area contributed by atoms with Gasteiger partial charge in [0.1, 0.15) is 5.75 Å². The van der Waals surface area contributed by atoms with Crippen molar-refractivity contribution in [2.75, 3.05) is 7.05 Å². The Bertz CT molecular complexity index is 444. The maximum Gasteiger partial charge on any atom is 0.303 e. The number of hydrogen-bond acceptors (Lipinski definition) is 4. The maximum atomic E-state index is 11.9. The minimum Gasteiger partial charge on any atom is -0.508 e. The summed E-state index contributed by atoms with van der Waals surface area (Å²) >= 11 is 0. The molecular weight excluding hydrogens is 248 g/mol. The number of hydrogen-bond donors (Lipinski definition) is 3. The second-order valence-electron chi connectivity index (χ2n) is 4.40. The first kappa shape index (κ1) is 15.0. The van der Waals surface area contributed by atoms with Crippen LogP contribution in [0.5, 0.6) is 5.75 Å². The zero-order valence-corrected chi connectivity index (χ0v) is 10.7. The second-order valence-corrected chi connectivity index (χ2v) is 4.40. The third-order valence-electron chi connectivity index (χ3n) is 2.72. The van der Waals surface area contributed by atoms with Gasteiger partial charge < -0.3 is 20.8 Å². The molecule has 6 nitrogen and oxygen atoms in total. The van der Waals surface area contributed by atoms with Gasteiger partial charge in [0.2, 0.25) is 5.91 Å². The number of rotatable bonds is 6. The van der Waals surface area contributed by atoms with E-state index in [9.17, 15) is 9.59 Å². The van der Waals surface area contributed by atoms with E-state index in [1.165, 1.54) is 17.0 Å². The predicted octanol–water partition coefficient (Wildman–Crippen LogP) is 0.543. The molecule has 0 spiro atoms. The van der Waals surface area contributed by atoms with E-state index in [4.69, 9.17) is 15.9 Å². The Morgan fingerprint density at radius 1 is 1.32 bits per heavy atom. The lowest BCUT2D eigenvalue weighted by atomic mass is 10.1. The van der Waals surface area contributed by atoms with Crippen molar-refractivity contribution in [2.45, 2.75) is 25.4 Å². The van der Waals surface area contributed by atoms with Crippen molar-refractivity contribution in [2.24, 2.45) is 5.73 Å².